The molecule has 1 saturated heterocycles. The van der Waals surface area contributed by atoms with Gasteiger partial charge >= 0.3 is 6.18 Å². The van der Waals surface area contributed by atoms with E-state index in [1.165, 1.54) is 16.5 Å². The van der Waals surface area contributed by atoms with E-state index in [0.29, 0.717) is 0 Å². The van der Waals surface area contributed by atoms with Crippen molar-refractivity contribution in [1.29, 1.82) is 0 Å². The Kier molecular flexibility index (Phi) is 4.51. The lowest BCUT2D eigenvalue weighted by molar-refractivity contribution is -0.141. The monoisotopic (exact) mass is 375 g/mol. The van der Waals surface area contributed by atoms with E-state index >= 15 is 0 Å². The third-order valence-corrected chi connectivity index (χ3v) is 4.93. The second-order valence-corrected chi connectivity index (χ2v) is 6.91. The smallest absolute Gasteiger partial charge is 0.350 e. The average Bonchev–Trinajstić information content (AvgIpc) is 3.20. The number of fused-ring (bicyclic) bond motifs is 1. The quantitative estimate of drug-likeness (QED) is 0.756. The molecule has 3 aromatic rings. The highest BCUT2D eigenvalue weighted by atomic mass is 19.4. The lowest BCUT2D eigenvalue weighted by atomic mass is 10.1. The minimum Gasteiger partial charge on any atom is -0.350 e. The van der Waals surface area contributed by atoms with E-state index < -0.39 is 11.9 Å². The van der Waals surface area contributed by atoms with Crippen molar-refractivity contribution in [2.24, 2.45) is 7.05 Å². The average molecular weight is 375 g/mol. The summed E-state index contributed by atoms with van der Waals surface area (Å²) >= 11 is 0. The lowest BCUT2D eigenvalue weighted by Crippen LogP contribution is -2.27. The van der Waals surface area contributed by atoms with Gasteiger partial charge in [-0.3, -0.25) is 4.90 Å². The first-order valence-electron chi connectivity index (χ1n) is 8.82. The fraction of sp³-hybridized carbons (Fsp3) is 0.368. The Morgan fingerprint density at radius 3 is 2.85 bits per heavy atom. The molecule has 2 aromatic heterocycles. The molecule has 0 amide bonds. The van der Waals surface area contributed by atoms with Crippen molar-refractivity contribution in [2.45, 2.75) is 25.2 Å². The van der Waals surface area contributed by atoms with Gasteiger partial charge in [-0.1, -0.05) is 18.2 Å². The molecule has 1 aromatic carbocycles. The first-order valence-corrected chi connectivity index (χ1v) is 8.82. The maximum Gasteiger partial charge on any atom is 0.433 e. The Morgan fingerprint density at radius 1 is 1.22 bits per heavy atom. The fourth-order valence-electron chi connectivity index (χ4n) is 3.66. The van der Waals surface area contributed by atoms with Gasteiger partial charge in [0.05, 0.1) is 0 Å². The predicted octanol–water partition coefficient (Wildman–Crippen LogP) is 3.67. The molecule has 27 heavy (non-hydrogen) atoms. The van der Waals surface area contributed by atoms with Gasteiger partial charge in [0.15, 0.2) is 0 Å². The molecule has 1 aliphatic heterocycles. The van der Waals surface area contributed by atoms with Gasteiger partial charge in [0.1, 0.15) is 5.69 Å². The molecule has 1 unspecified atom stereocenters. The van der Waals surface area contributed by atoms with Gasteiger partial charge in [-0.2, -0.15) is 13.2 Å². The van der Waals surface area contributed by atoms with Crippen LogP contribution in [0.25, 0.3) is 10.9 Å². The molecule has 3 heterocycles. The third-order valence-electron chi connectivity index (χ3n) is 4.93. The van der Waals surface area contributed by atoms with Crippen molar-refractivity contribution < 1.29 is 13.2 Å². The van der Waals surface area contributed by atoms with Crippen molar-refractivity contribution in [3.05, 3.63) is 54.0 Å². The number of hydrogen-bond donors (Lipinski definition) is 1. The normalized spacial score (nSPS) is 18.3. The number of benzene rings is 1. The molecule has 1 atom stereocenters. The van der Waals surface area contributed by atoms with Gasteiger partial charge < -0.3 is 9.88 Å². The summed E-state index contributed by atoms with van der Waals surface area (Å²) in [5.41, 5.74) is 1.52. The molecule has 142 valence electrons. The molecule has 4 rings (SSSR count). The molecular formula is C19H20F3N5. The van der Waals surface area contributed by atoms with E-state index in [0.717, 1.165) is 38.3 Å². The summed E-state index contributed by atoms with van der Waals surface area (Å²) in [5.74, 6) is 0.0295. The van der Waals surface area contributed by atoms with Crippen molar-refractivity contribution in [2.75, 3.05) is 18.4 Å². The number of nitrogens with zero attached hydrogens (tertiary/aromatic N) is 4. The van der Waals surface area contributed by atoms with Crippen molar-refractivity contribution in [1.82, 2.24) is 19.4 Å². The topological polar surface area (TPSA) is 46.0 Å². The van der Waals surface area contributed by atoms with Gasteiger partial charge in [0, 0.05) is 56.0 Å². The first-order chi connectivity index (χ1) is 12.9. The fourth-order valence-corrected chi connectivity index (χ4v) is 3.66. The Hall–Kier alpha value is -2.61. The maximum absolute atomic E-state index is 12.8. The van der Waals surface area contributed by atoms with E-state index in [4.69, 9.17) is 0 Å². The van der Waals surface area contributed by atoms with E-state index in [1.807, 2.05) is 19.2 Å². The first kappa shape index (κ1) is 17.8. The molecule has 1 aliphatic rings. The van der Waals surface area contributed by atoms with Crippen LogP contribution in [-0.4, -0.2) is 38.6 Å². The van der Waals surface area contributed by atoms with Crippen LogP contribution >= 0.6 is 0 Å². The molecule has 1 fully saturated rings. The van der Waals surface area contributed by atoms with Crippen molar-refractivity contribution >= 4 is 16.9 Å². The Morgan fingerprint density at radius 2 is 2.04 bits per heavy atom. The molecule has 0 radical (unpaired) electrons. The number of hydrogen-bond acceptors (Lipinski definition) is 4. The highest BCUT2D eigenvalue weighted by molar-refractivity contribution is 5.83. The predicted molar refractivity (Wildman–Crippen MR) is 97.3 cm³/mol. The Labute approximate surface area is 154 Å². The second kappa shape index (κ2) is 6.84. The van der Waals surface area contributed by atoms with Gasteiger partial charge in [0.2, 0.25) is 5.95 Å². The minimum absolute atomic E-state index is 0.0295. The summed E-state index contributed by atoms with van der Waals surface area (Å²) in [6, 6.07) is 9.18. The summed E-state index contributed by atoms with van der Waals surface area (Å²) in [6.07, 6.45) is -0.345. The van der Waals surface area contributed by atoms with Crippen molar-refractivity contribution in [3.8, 4) is 0 Å². The number of rotatable bonds is 4. The van der Waals surface area contributed by atoms with E-state index in [-0.39, 0.29) is 12.0 Å². The summed E-state index contributed by atoms with van der Waals surface area (Å²) in [4.78, 5) is 9.82. The summed E-state index contributed by atoms with van der Waals surface area (Å²) in [5, 5.41) is 4.28. The largest absolute Gasteiger partial charge is 0.433 e. The number of para-hydroxylation sites is 1. The number of aromatic nitrogens is 3. The van der Waals surface area contributed by atoms with Crippen LogP contribution in [0.5, 0.6) is 0 Å². The van der Waals surface area contributed by atoms with E-state index in [2.05, 4.69) is 43.1 Å². The summed E-state index contributed by atoms with van der Waals surface area (Å²) in [6.45, 7) is 2.42. The summed E-state index contributed by atoms with van der Waals surface area (Å²) in [7, 11) is 2.03. The van der Waals surface area contributed by atoms with Gasteiger partial charge in [-0.25, -0.2) is 9.97 Å². The number of alkyl halides is 3. The number of likely N-dealkylation sites (tertiary alicyclic amines) is 1. The van der Waals surface area contributed by atoms with Crippen LogP contribution in [0.3, 0.4) is 0 Å². The zero-order chi connectivity index (χ0) is 19.0. The van der Waals surface area contributed by atoms with Gasteiger partial charge in [0.25, 0.3) is 0 Å². The van der Waals surface area contributed by atoms with E-state index in [1.54, 1.807) is 0 Å². The van der Waals surface area contributed by atoms with Crippen LogP contribution < -0.4 is 5.32 Å². The van der Waals surface area contributed by atoms with Crippen LogP contribution in [0.15, 0.2) is 42.7 Å². The molecule has 0 saturated carbocycles. The van der Waals surface area contributed by atoms with E-state index in [9.17, 15) is 13.2 Å². The Bertz CT molecular complexity index is 950. The van der Waals surface area contributed by atoms with Crippen LogP contribution in [0.4, 0.5) is 19.1 Å². The van der Waals surface area contributed by atoms with Crippen molar-refractivity contribution in [3.63, 3.8) is 0 Å². The highest BCUT2D eigenvalue weighted by Gasteiger charge is 2.33. The number of halogens is 3. The van der Waals surface area contributed by atoms with Gasteiger partial charge in [-0.15, -0.1) is 0 Å². The molecule has 5 nitrogen and oxygen atoms in total. The molecule has 0 spiro atoms. The highest BCUT2D eigenvalue weighted by Crippen LogP contribution is 2.28. The van der Waals surface area contributed by atoms with Crippen LogP contribution in [-0.2, 0) is 19.8 Å². The molecule has 0 aliphatic carbocycles. The summed E-state index contributed by atoms with van der Waals surface area (Å²) < 4.78 is 40.5. The zero-order valence-corrected chi connectivity index (χ0v) is 14.9. The van der Waals surface area contributed by atoms with Crippen LogP contribution in [0.1, 0.15) is 17.7 Å². The third kappa shape index (κ3) is 3.75. The molecule has 8 heteroatoms. The number of nitrogens with one attached hydrogen (secondary N) is 1. The second-order valence-electron chi connectivity index (χ2n) is 6.91. The molecular weight excluding hydrogens is 355 g/mol. The standard InChI is InChI=1S/C19H20F3N5/c1-26-10-13(15-4-2-3-5-16(15)26)11-27-9-7-14(12-27)24-18-23-8-6-17(25-18)19(20,21)22/h2-6,8,10,14H,7,9,11-12H2,1H3,(H,23,24,25). The minimum atomic E-state index is -4.46. The zero-order valence-electron chi connectivity index (χ0n) is 14.9. The lowest BCUT2D eigenvalue weighted by Gasteiger charge is -2.17. The molecule has 0 bridgehead atoms. The number of anilines is 1. The Balaban J connectivity index is 1.42. The molecule has 1 N–H and O–H groups in total. The van der Waals surface area contributed by atoms with Gasteiger partial charge in [-0.05, 0) is 24.1 Å². The maximum atomic E-state index is 12.8. The van der Waals surface area contributed by atoms with Crippen LogP contribution in [0, 0.1) is 0 Å². The SMILES string of the molecule is Cn1cc(CN2CCC(Nc3nccc(C(F)(F)F)n3)C2)c2ccccc21. The number of aryl methyl sites for hydroxylation is 1. The van der Waals surface area contributed by atoms with Crippen LogP contribution in [0.2, 0.25) is 0 Å².